The topological polar surface area (TPSA) is 108 Å². The Kier molecular flexibility index (Phi) is 4.83. The molecule has 0 atom stereocenters. The van der Waals surface area contributed by atoms with Gasteiger partial charge in [0.15, 0.2) is 0 Å². The minimum absolute atomic E-state index is 0.0417. The van der Waals surface area contributed by atoms with Gasteiger partial charge in [-0.15, -0.1) is 0 Å². The second-order valence-electron chi connectivity index (χ2n) is 4.21. The molecule has 0 amide bonds. The summed E-state index contributed by atoms with van der Waals surface area (Å²) in [6, 6.07) is 6.72. The Labute approximate surface area is 107 Å². The zero-order chi connectivity index (χ0) is 13.8. The lowest BCUT2D eigenvalue weighted by Crippen LogP contribution is -2.39. The molecule has 0 aliphatic carbocycles. The van der Waals surface area contributed by atoms with Crippen LogP contribution in [0.25, 0.3) is 0 Å². The molecule has 7 heteroatoms. The van der Waals surface area contributed by atoms with Crippen LogP contribution in [0.15, 0.2) is 24.3 Å². The first-order valence-corrected chi connectivity index (χ1v) is 6.99. The molecule has 0 aromatic heterocycles. The molecule has 100 valence electrons. The number of hydrogen-bond donors (Lipinski definition) is 4. The van der Waals surface area contributed by atoms with Gasteiger partial charge in [-0.3, -0.25) is 5.41 Å². The Hall–Kier alpha value is -1.44. The summed E-state index contributed by atoms with van der Waals surface area (Å²) >= 11 is 0. The Morgan fingerprint density at radius 3 is 2.67 bits per heavy atom. The molecule has 0 unspecified atom stereocenters. The van der Waals surface area contributed by atoms with Crippen molar-refractivity contribution in [2.75, 3.05) is 0 Å². The summed E-state index contributed by atoms with van der Waals surface area (Å²) in [6.45, 7) is 3.65. The highest BCUT2D eigenvalue weighted by Crippen LogP contribution is 2.04. The Bertz CT molecular complexity index is 526. The van der Waals surface area contributed by atoms with Crippen LogP contribution in [0.1, 0.15) is 25.0 Å². The van der Waals surface area contributed by atoms with Crippen LogP contribution in [0.4, 0.5) is 0 Å². The quantitative estimate of drug-likeness (QED) is 0.441. The van der Waals surface area contributed by atoms with Gasteiger partial charge < -0.3 is 5.73 Å². The van der Waals surface area contributed by atoms with Crippen LogP contribution in [0, 0.1) is 5.41 Å². The second-order valence-corrected chi connectivity index (χ2v) is 5.74. The number of rotatable bonds is 6. The van der Waals surface area contributed by atoms with Gasteiger partial charge in [0, 0.05) is 18.2 Å². The number of benzene rings is 1. The first-order chi connectivity index (χ1) is 8.30. The summed E-state index contributed by atoms with van der Waals surface area (Å²) in [6.07, 6.45) is 0. The fourth-order valence-corrected chi connectivity index (χ4v) is 2.44. The van der Waals surface area contributed by atoms with E-state index in [4.69, 9.17) is 11.1 Å². The van der Waals surface area contributed by atoms with E-state index in [-0.39, 0.29) is 18.4 Å². The van der Waals surface area contributed by atoms with Crippen molar-refractivity contribution >= 4 is 16.0 Å². The molecule has 1 rings (SSSR count). The third-order valence-electron chi connectivity index (χ3n) is 2.10. The predicted octanol–water partition coefficient (Wildman–Crippen LogP) is 0.303. The van der Waals surface area contributed by atoms with Crippen molar-refractivity contribution in [3.63, 3.8) is 0 Å². The molecule has 0 aliphatic heterocycles. The highest BCUT2D eigenvalue weighted by atomic mass is 32.2. The number of hydrogen-bond acceptors (Lipinski definition) is 3. The Balaban J connectivity index is 2.69. The molecule has 1 aromatic rings. The van der Waals surface area contributed by atoms with Crippen molar-refractivity contribution in [3.8, 4) is 0 Å². The molecule has 0 heterocycles. The maximum absolute atomic E-state index is 11.5. The van der Waals surface area contributed by atoms with Crippen molar-refractivity contribution in [1.29, 1.82) is 5.41 Å². The third-order valence-corrected chi connectivity index (χ3v) is 3.40. The molecule has 0 fully saturated rings. The standard InChI is InChI=1S/C11H18N4O2S/c1-8(2)15-18(16,17)14-7-9-4-3-5-10(6-9)11(12)13/h3-6,8,14-15H,7H2,1-2H3,(H3,12,13). The second kappa shape index (κ2) is 5.94. The van der Waals surface area contributed by atoms with Crippen LogP contribution in [0.3, 0.4) is 0 Å². The van der Waals surface area contributed by atoms with Gasteiger partial charge in [0.1, 0.15) is 5.84 Å². The van der Waals surface area contributed by atoms with Crippen LogP contribution in [-0.4, -0.2) is 20.3 Å². The summed E-state index contributed by atoms with van der Waals surface area (Å²) in [4.78, 5) is 0. The van der Waals surface area contributed by atoms with Crippen molar-refractivity contribution < 1.29 is 8.42 Å². The lowest BCUT2D eigenvalue weighted by atomic mass is 10.1. The summed E-state index contributed by atoms with van der Waals surface area (Å²) in [5.74, 6) is -0.0417. The van der Waals surface area contributed by atoms with Crippen molar-refractivity contribution in [2.45, 2.75) is 26.4 Å². The largest absolute Gasteiger partial charge is 0.384 e. The van der Waals surface area contributed by atoms with Gasteiger partial charge in [-0.2, -0.15) is 17.9 Å². The van der Waals surface area contributed by atoms with E-state index < -0.39 is 10.2 Å². The fraction of sp³-hybridized carbons (Fsp3) is 0.364. The third kappa shape index (κ3) is 4.82. The normalized spacial score (nSPS) is 11.7. The minimum atomic E-state index is -3.50. The van der Waals surface area contributed by atoms with Crippen LogP contribution in [-0.2, 0) is 16.8 Å². The molecule has 5 N–H and O–H groups in total. The zero-order valence-corrected chi connectivity index (χ0v) is 11.2. The molecular weight excluding hydrogens is 252 g/mol. The van der Waals surface area contributed by atoms with Gasteiger partial charge in [0.2, 0.25) is 0 Å². The van der Waals surface area contributed by atoms with Crippen LogP contribution in [0.2, 0.25) is 0 Å². The molecule has 0 radical (unpaired) electrons. The van der Waals surface area contributed by atoms with E-state index in [2.05, 4.69) is 9.44 Å². The summed E-state index contributed by atoms with van der Waals surface area (Å²) in [5.41, 5.74) is 6.68. The van der Waals surface area contributed by atoms with E-state index >= 15 is 0 Å². The van der Waals surface area contributed by atoms with Gasteiger partial charge in [0.25, 0.3) is 10.2 Å². The summed E-state index contributed by atoms with van der Waals surface area (Å²) < 4.78 is 27.9. The van der Waals surface area contributed by atoms with E-state index in [0.717, 1.165) is 5.56 Å². The first-order valence-electron chi connectivity index (χ1n) is 5.50. The van der Waals surface area contributed by atoms with E-state index in [9.17, 15) is 8.42 Å². The number of nitrogens with one attached hydrogen (secondary N) is 3. The van der Waals surface area contributed by atoms with E-state index in [1.165, 1.54) is 0 Å². The predicted molar refractivity (Wildman–Crippen MR) is 71.5 cm³/mol. The summed E-state index contributed by atoms with van der Waals surface area (Å²) in [7, 11) is -3.50. The first kappa shape index (κ1) is 14.6. The molecule has 1 aromatic carbocycles. The Morgan fingerprint density at radius 2 is 2.11 bits per heavy atom. The van der Waals surface area contributed by atoms with E-state index in [1.807, 2.05) is 0 Å². The van der Waals surface area contributed by atoms with Gasteiger partial charge in [-0.1, -0.05) is 18.2 Å². The average molecular weight is 270 g/mol. The number of nitrogen functional groups attached to an aromatic ring is 1. The molecule has 0 aliphatic rings. The van der Waals surface area contributed by atoms with Crippen molar-refractivity contribution in [3.05, 3.63) is 35.4 Å². The molecular formula is C11H18N4O2S. The number of amidine groups is 1. The smallest absolute Gasteiger partial charge is 0.277 e. The zero-order valence-electron chi connectivity index (χ0n) is 10.4. The fourth-order valence-electron chi connectivity index (χ4n) is 1.38. The molecule has 0 saturated heterocycles. The highest BCUT2D eigenvalue weighted by molar-refractivity contribution is 7.87. The van der Waals surface area contributed by atoms with Gasteiger partial charge in [-0.25, -0.2) is 0 Å². The van der Waals surface area contributed by atoms with Crippen LogP contribution in [0.5, 0.6) is 0 Å². The van der Waals surface area contributed by atoms with Gasteiger partial charge in [0.05, 0.1) is 0 Å². The maximum atomic E-state index is 11.5. The number of nitrogens with two attached hydrogens (primary N) is 1. The molecule has 18 heavy (non-hydrogen) atoms. The van der Waals surface area contributed by atoms with Gasteiger partial charge >= 0.3 is 0 Å². The van der Waals surface area contributed by atoms with E-state index in [0.29, 0.717) is 5.56 Å². The lowest BCUT2D eigenvalue weighted by molar-refractivity contribution is 0.554. The summed E-state index contributed by atoms with van der Waals surface area (Å²) in [5, 5.41) is 7.31. The SMILES string of the molecule is CC(C)NS(=O)(=O)NCc1cccc(C(=N)N)c1. The Morgan fingerprint density at radius 1 is 1.44 bits per heavy atom. The monoisotopic (exact) mass is 270 g/mol. The highest BCUT2D eigenvalue weighted by Gasteiger charge is 2.10. The lowest BCUT2D eigenvalue weighted by Gasteiger charge is -2.11. The van der Waals surface area contributed by atoms with E-state index in [1.54, 1.807) is 38.1 Å². The van der Waals surface area contributed by atoms with Crippen molar-refractivity contribution in [1.82, 2.24) is 9.44 Å². The van der Waals surface area contributed by atoms with Crippen LogP contribution < -0.4 is 15.2 Å². The molecule has 0 spiro atoms. The van der Waals surface area contributed by atoms with Crippen molar-refractivity contribution in [2.24, 2.45) is 5.73 Å². The van der Waals surface area contributed by atoms with Gasteiger partial charge in [-0.05, 0) is 25.5 Å². The molecule has 6 nitrogen and oxygen atoms in total. The van der Waals surface area contributed by atoms with Crippen LogP contribution >= 0.6 is 0 Å². The average Bonchev–Trinajstić information content (AvgIpc) is 2.25. The minimum Gasteiger partial charge on any atom is -0.384 e. The maximum Gasteiger partial charge on any atom is 0.277 e. The molecule has 0 saturated carbocycles. The molecule has 0 bridgehead atoms.